The number of ether oxygens (including phenoxy) is 3. The number of nitrogens with zero attached hydrogens (tertiary/aromatic N) is 2. The average molecular weight is 617 g/mol. The van der Waals surface area contributed by atoms with Crippen LogP contribution in [0.5, 0.6) is 11.5 Å². The minimum atomic E-state index is -4.24. The first kappa shape index (κ1) is 29.2. The van der Waals surface area contributed by atoms with Crippen molar-refractivity contribution in [3.8, 4) is 11.5 Å². The van der Waals surface area contributed by atoms with Crippen molar-refractivity contribution in [3.05, 3.63) is 90.8 Å². The maximum Gasteiger partial charge on any atom is 0.411 e. The number of nitrogens with one attached hydrogen (secondary N) is 2. The van der Waals surface area contributed by atoms with Crippen LogP contribution in [0.2, 0.25) is 0 Å². The number of sulfonamides is 1. The Hall–Kier alpha value is -4.84. The number of anilines is 1. The molecule has 0 spiro atoms. The molecule has 3 unspecified atom stereocenters. The second-order valence-corrected chi connectivity index (χ2v) is 12.7. The van der Waals surface area contributed by atoms with Crippen LogP contribution in [0.3, 0.4) is 0 Å². The molecule has 1 aromatic heterocycles. The van der Waals surface area contributed by atoms with Crippen molar-refractivity contribution in [2.45, 2.75) is 43.2 Å². The van der Waals surface area contributed by atoms with Crippen LogP contribution >= 0.6 is 0 Å². The number of rotatable bonds is 10. The zero-order valence-electron chi connectivity index (χ0n) is 24.1. The SMILES string of the molecule is C=COc1ccccc1S(=O)(=O)NC(=O)c1ccc(Cn2ncc3ccc(NC(=O)OC4CC5CCC4C5)cc32)c(OC)c1. The van der Waals surface area contributed by atoms with Crippen molar-refractivity contribution in [1.82, 2.24) is 14.5 Å². The quantitative estimate of drug-likeness (QED) is 0.224. The van der Waals surface area contributed by atoms with Gasteiger partial charge in [0.15, 0.2) is 0 Å². The van der Waals surface area contributed by atoms with Crippen LogP contribution in [0, 0.1) is 11.8 Å². The van der Waals surface area contributed by atoms with Gasteiger partial charge >= 0.3 is 6.09 Å². The molecule has 6 rings (SSSR count). The normalized spacial score (nSPS) is 19.0. The number of carbonyl (C=O) groups is 2. The Morgan fingerprint density at radius 2 is 1.91 bits per heavy atom. The Kier molecular flexibility index (Phi) is 8.00. The molecule has 12 heteroatoms. The lowest BCUT2D eigenvalue weighted by atomic mass is 9.98. The summed E-state index contributed by atoms with van der Waals surface area (Å²) in [4.78, 5) is 25.4. The number of fused-ring (bicyclic) bond motifs is 3. The van der Waals surface area contributed by atoms with E-state index in [2.05, 4.69) is 21.7 Å². The van der Waals surface area contributed by atoms with E-state index >= 15 is 0 Å². The number of aromatic nitrogens is 2. The molecule has 2 aliphatic carbocycles. The molecule has 2 bridgehead atoms. The van der Waals surface area contributed by atoms with Gasteiger partial charge in [0.25, 0.3) is 15.9 Å². The molecule has 2 saturated carbocycles. The maximum absolute atomic E-state index is 13.0. The number of benzene rings is 3. The first-order valence-corrected chi connectivity index (χ1v) is 15.8. The molecule has 2 aliphatic rings. The highest BCUT2D eigenvalue weighted by atomic mass is 32.2. The minimum Gasteiger partial charge on any atom is -0.496 e. The topological polar surface area (TPSA) is 138 Å². The Morgan fingerprint density at radius 1 is 1.07 bits per heavy atom. The van der Waals surface area contributed by atoms with Crippen LogP contribution in [0.15, 0.2) is 84.6 Å². The fourth-order valence-electron chi connectivity index (χ4n) is 6.16. The lowest BCUT2D eigenvalue weighted by Crippen LogP contribution is -2.30. The monoisotopic (exact) mass is 616 g/mol. The predicted molar refractivity (Wildman–Crippen MR) is 163 cm³/mol. The highest BCUT2D eigenvalue weighted by molar-refractivity contribution is 7.90. The van der Waals surface area contributed by atoms with Gasteiger partial charge in [-0.05, 0) is 80.0 Å². The predicted octanol–water partition coefficient (Wildman–Crippen LogP) is 5.47. The summed E-state index contributed by atoms with van der Waals surface area (Å²) >= 11 is 0. The van der Waals surface area contributed by atoms with E-state index in [1.165, 1.54) is 43.9 Å². The number of para-hydroxylation sites is 1. The van der Waals surface area contributed by atoms with Crippen molar-refractivity contribution in [2.24, 2.45) is 11.8 Å². The van der Waals surface area contributed by atoms with E-state index in [0.717, 1.165) is 36.4 Å². The van der Waals surface area contributed by atoms with E-state index < -0.39 is 22.0 Å². The fourth-order valence-corrected chi connectivity index (χ4v) is 7.27. The van der Waals surface area contributed by atoms with Crippen molar-refractivity contribution in [2.75, 3.05) is 12.4 Å². The van der Waals surface area contributed by atoms with Crippen molar-refractivity contribution in [1.29, 1.82) is 0 Å². The van der Waals surface area contributed by atoms with Gasteiger partial charge in [-0.15, -0.1) is 0 Å². The molecule has 1 heterocycles. The molecule has 0 saturated heterocycles. The molecule has 44 heavy (non-hydrogen) atoms. The molecule has 11 nitrogen and oxygen atoms in total. The highest BCUT2D eigenvalue weighted by Crippen LogP contribution is 2.46. The average Bonchev–Trinajstić information content (AvgIpc) is 3.74. The van der Waals surface area contributed by atoms with E-state index in [1.54, 1.807) is 29.1 Å². The highest BCUT2D eigenvalue weighted by Gasteiger charge is 2.41. The van der Waals surface area contributed by atoms with Crippen LogP contribution in [0.4, 0.5) is 10.5 Å². The summed E-state index contributed by atoms with van der Waals surface area (Å²) in [6.07, 6.45) is 6.81. The third-order valence-electron chi connectivity index (χ3n) is 8.27. The zero-order chi connectivity index (χ0) is 30.8. The van der Waals surface area contributed by atoms with Crippen molar-refractivity contribution < 1.29 is 32.2 Å². The molecule has 2 N–H and O–H groups in total. The van der Waals surface area contributed by atoms with Crippen molar-refractivity contribution >= 4 is 38.6 Å². The van der Waals surface area contributed by atoms with Gasteiger partial charge in [-0.25, -0.2) is 17.9 Å². The largest absolute Gasteiger partial charge is 0.496 e. The molecule has 2 fully saturated rings. The second kappa shape index (κ2) is 12.0. The second-order valence-electron chi connectivity index (χ2n) is 11.0. The summed E-state index contributed by atoms with van der Waals surface area (Å²) in [6, 6.07) is 16.1. The van der Waals surface area contributed by atoms with Crippen LogP contribution in [-0.4, -0.2) is 43.4 Å². The summed E-state index contributed by atoms with van der Waals surface area (Å²) in [7, 11) is -2.78. The molecule has 0 radical (unpaired) electrons. The van der Waals surface area contributed by atoms with E-state index in [0.29, 0.717) is 28.8 Å². The maximum atomic E-state index is 13.0. The first-order chi connectivity index (χ1) is 21.2. The van der Waals surface area contributed by atoms with Gasteiger partial charge in [-0.3, -0.25) is 14.8 Å². The third kappa shape index (κ3) is 5.98. The van der Waals surface area contributed by atoms with Crippen LogP contribution in [-0.2, 0) is 21.3 Å². The lowest BCUT2D eigenvalue weighted by molar-refractivity contribution is 0.0755. The summed E-state index contributed by atoms with van der Waals surface area (Å²) in [5, 5.41) is 8.22. The Morgan fingerprint density at radius 3 is 2.66 bits per heavy atom. The van der Waals surface area contributed by atoms with E-state index in [1.807, 2.05) is 12.1 Å². The number of methoxy groups -OCH3 is 1. The fraction of sp³-hybridized carbons (Fsp3) is 0.281. The van der Waals surface area contributed by atoms with Gasteiger partial charge in [-0.2, -0.15) is 5.10 Å². The Bertz CT molecular complexity index is 1850. The van der Waals surface area contributed by atoms with E-state index in [4.69, 9.17) is 14.2 Å². The van der Waals surface area contributed by atoms with Gasteiger partial charge in [0.05, 0.1) is 31.6 Å². The van der Waals surface area contributed by atoms with Gasteiger partial charge in [0.2, 0.25) is 0 Å². The Labute approximate surface area is 254 Å². The lowest BCUT2D eigenvalue weighted by Gasteiger charge is -2.22. The van der Waals surface area contributed by atoms with Crippen LogP contribution in [0.1, 0.15) is 41.6 Å². The smallest absolute Gasteiger partial charge is 0.411 e. The number of amides is 2. The Balaban J connectivity index is 1.16. The van der Waals surface area contributed by atoms with Gasteiger partial charge in [-0.1, -0.05) is 24.8 Å². The summed E-state index contributed by atoms with van der Waals surface area (Å²) in [6.45, 7) is 3.74. The minimum absolute atomic E-state index is 0.0114. The summed E-state index contributed by atoms with van der Waals surface area (Å²) < 4.78 is 46.2. The van der Waals surface area contributed by atoms with Gasteiger partial charge < -0.3 is 14.2 Å². The van der Waals surface area contributed by atoms with E-state index in [-0.39, 0.29) is 28.9 Å². The number of hydrogen-bond donors (Lipinski definition) is 2. The van der Waals surface area contributed by atoms with Gasteiger partial charge in [0, 0.05) is 22.2 Å². The molecule has 4 aromatic rings. The molecule has 228 valence electrons. The summed E-state index contributed by atoms with van der Waals surface area (Å²) in [5.41, 5.74) is 2.16. The molecule has 2 amide bonds. The molecule has 3 aromatic carbocycles. The van der Waals surface area contributed by atoms with Crippen LogP contribution < -0.4 is 19.5 Å². The molecular formula is C32H32N4O7S. The standard InChI is InChI=1S/C32H32N4O7S/c1-3-42-27-6-4-5-7-30(27)44(39,40)35-31(37)22-10-11-24(28(16-22)41-2)19-36-26-17-25(13-12-23(26)18-33-36)34-32(38)43-29-15-20-8-9-21(29)14-20/h3-7,10-13,16-18,20-21,29H,1,8-9,14-15,19H2,2H3,(H,34,38)(H,35,37). The zero-order valence-corrected chi connectivity index (χ0v) is 24.9. The number of hydrogen-bond acceptors (Lipinski definition) is 8. The molecule has 0 aliphatic heterocycles. The summed E-state index contributed by atoms with van der Waals surface area (Å²) in [5.74, 6) is 0.730. The van der Waals surface area contributed by atoms with Crippen molar-refractivity contribution in [3.63, 3.8) is 0 Å². The van der Waals surface area contributed by atoms with Crippen LogP contribution in [0.25, 0.3) is 10.9 Å². The number of carbonyl (C=O) groups excluding carboxylic acids is 2. The van der Waals surface area contributed by atoms with Gasteiger partial charge in [0.1, 0.15) is 22.5 Å². The van der Waals surface area contributed by atoms with E-state index in [9.17, 15) is 18.0 Å². The first-order valence-electron chi connectivity index (χ1n) is 14.3. The molecule has 3 atom stereocenters. The third-order valence-corrected chi connectivity index (χ3v) is 9.64. The molecular weight excluding hydrogens is 584 g/mol.